The first kappa shape index (κ1) is 24.5. The van der Waals surface area contributed by atoms with E-state index >= 15 is 0 Å². The minimum atomic E-state index is -0.954. The Morgan fingerprint density at radius 3 is 1.44 bits per heavy atom. The Morgan fingerprint density at radius 1 is 1.19 bits per heavy atom. The monoisotopic (exact) mass is 244 g/mol. The van der Waals surface area contributed by atoms with Crippen molar-refractivity contribution in [2.24, 2.45) is 0 Å². The Hall–Kier alpha value is -0.730. The highest BCUT2D eigenvalue weighted by atomic mass is 16.5. The van der Waals surface area contributed by atoms with Crippen LogP contribution in [-0.2, 0) is 9.53 Å². The Bertz CT molecular complexity index is 83.9. The summed E-state index contributed by atoms with van der Waals surface area (Å²) in [7, 11) is 2.31. The zero-order valence-electron chi connectivity index (χ0n) is 10.0. The average Bonchev–Trinajstić information content (AvgIpc) is 2.40. The summed E-state index contributed by atoms with van der Waals surface area (Å²) < 4.78 is 3.86. The van der Waals surface area contributed by atoms with Gasteiger partial charge in [-0.2, -0.15) is 0 Å². The van der Waals surface area contributed by atoms with Gasteiger partial charge in [-0.25, -0.2) is 0 Å². The summed E-state index contributed by atoms with van der Waals surface area (Å²) in [5.41, 5.74) is 0. The lowest BCUT2D eigenvalue weighted by Crippen LogP contribution is -2.15. The molecule has 102 valence electrons. The molecule has 0 aliphatic rings. The standard InChI is InChI=1S/C3H8O3.C3H8O.C2H4O2.CH4O/c4-1-3(6)2-5;1-2-3-4;1-4-2-3;1-2/h3-6H,1-2H2;4H,2-3H2,1H3;2H,1H3;2H,1H3. The summed E-state index contributed by atoms with van der Waals surface area (Å²) in [4.78, 5) is 8.95. The van der Waals surface area contributed by atoms with Crippen LogP contribution in [0.15, 0.2) is 0 Å². The predicted molar refractivity (Wildman–Crippen MR) is 58.8 cm³/mol. The molecule has 7 heteroatoms. The Balaban J connectivity index is -0.0000000643. The van der Waals surface area contributed by atoms with Gasteiger partial charge < -0.3 is 30.3 Å². The third-order valence-corrected chi connectivity index (χ3v) is 0.741. The van der Waals surface area contributed by atoms with Gasteiger partial charge in [0.25, 0.3) is 6.47 Å². The van der Waals surface area contributed by atoms with Gasteiger partial charge in [-0.05, 0) is 6.42 Å². The minimum absolute atomic E-state index is 0.319. The molecule has 0 heterocycles. The summed E-state index contributed by atoms with van der Waals surface area (Å²) in [5.74, 6) is 0. The van der Waals surface area contributed by atoms with E-state index in [0.717, 1.165) is 13.5 Å². The van der Waals surface area contributed by atoms with E-state index in [1.54, 1.807) is 0 Å². The van der Waals surface area contributed by atoms with Gasteiger partial charge in [0, 0.05) is 13.7 Å². The van der Waals surface area contributed by atoms with Crippen LogP contribution in [0.1, 0.15) is 13.3 Å². The highest BCUT2D eigenvalue weighted by Crippen LogP contribution is 1.71. The van der Waals surface area contributed by atoms with E-state index in [1.807, 2.05) is 6.92 Å². The maximum Gasteiger partial charge on any atom is 0.292 e. The molecule has 0 aromatic rings. The zero-order chi connectivity index (χ0) is 13.8. The molecule has 7 nitrogen and oxygen atoms in total. The van der Waals surface area contributed by atoms with Crippen LogP contribution >= 0.6 is 0 Å². The molecule has 5 N–H and O–H groups in total. The third kappa shape index (κ3) is 71.9. The number of carbonyl (C=O) groups excluding carboxylic acids is 1. The van der Waals surface area contributed by atoms with E-state index in [1.165, 1.54) is 7.11 Å². The molecule has 0 bridgehead atoms. The summed E-state index contributed by atoms with van der Waals surface area (Å²) in [5, 5.41) is 38.9. The molecule has 0 fully saturated rings. The summed E-state index contributed by atoms with van der Waals surface area (Å²) in [6.45, 7) is 1.90. The fourth-order valence-electron chi connectivity index (χ4n) is 0.0577. The summed E-state index contributed by atoms with van der Waals surface area (Å²) in [6, 6.07) is 0. The maximum absolute atomic E-state index is 8.95. The highest BCUT2D eigenvalue weighted by Gasteiger charge is 1.93. The van der Waals surface area contributed by atoms with Crippen molar-refractivity contribution < 1.29 is 35.1 Å². The predicted octanol–water partition coefficient (Wildman–Crippen LogP) is -1.88. The van der Waals surface area contributed by atoms with Crippen LogP contribution in [0, 0.1) is 0 Å². The first-order chi connectivity index (χ1) is 7.64. The van der Waals surface area contributed by atoms with Crippen molar-refractivity contribution in [2.45, 2.75) is 19.4 Å². The van der Waals surface area contributed by atoms with Gasteiger partial charge in [0.2, 0.25) is 0 Å². The molecule has 0 rings (SSSR count). The Labute approximate surface area is 95.9 Å². The van der Waals surface area contributed by atoms with Crippen LogP contribution < -0.4 is 0 Å². The molecular weight excluding hydrogens is 220 g/mol. The number of carbonyl (C=O) groups is 1. The molecule has 0 aliphatic carbocycles. The topological polar surface area (TPSA) is 127 Å². The fourth-order valence-corrected chi connectivity index (χ4v) is 0.0577. The van der Waals surface area contributed by atoms with Crippen LogP contribution in [0.5, 0.6) is 0 Å². The van der Waals surface area contributed by atoms with Crippen LogP contribution in [0.4, 0.5) is 0 Å². The number of hydrogen-bond donors (Lipinski definition) is 5. The zero-order valence-corrected chi connectivity index (χ0v) is 10.0. The normalized spacial score (nSPS) is 7.31. The van der Waals surface area contributed by atoms with Crippen molar-refractivity contribution in [3.8, 4) is 0 Å². The Kier molecular flexibility index (Phi) is 56.2. The molecule has 0 saturated carbocycles. The van der Waals surface area contributed by atoms with E-state index in [0.29, 0.717) is 13.1 Å². The van der Waals surface area contributed by atoms with E-state index in [9.17, 15) is 0 Å². The molecule has 0 unspecified atom stereocenters. The number of rotatable bonds is 4. The minimum Gasteiger partial charge on any atom is -0.471 e. The van der Waals surface area contributed by atoms with Crippen molar-refractivity contribution in [2.75, 3.05) is 34.0 Å². The second kappa shape index (κ2) is 36.7. The molecule has 16 heavy (non-hydrogen) atoms. The van der Waals surface area contributed by atoms with Crippen molar-refractivity contribution in [3.05, 3.63) is 0 Å². The molecule has 0 aliphatic heterocycles. The third-order valence-electron chi connectivity index (χ3n) is 0.741. The van der Waals surface area contributed by atoms with E-state index < -0.39 is 6.10 Å². The van der Waals surface area contributed by atoms with Crippen LogP contribution in [-0.4, -0.2) is 72.1 Å². The fraction of sp³-hybridized carbons (Fsp3) is 0.889. The second-order valence-electron chi connectivity index (χ2n) is 2.07. The van der Waals surface area contributed by atoms with Gasteiger partial charge in [-0.1, -0.05) is 6.92 Å². The number of ether oxygens (including phenoxy) is 1. The molecule has 0 aromatic heterocycles. The van der Waals surface area contributed by atoms with Crippen LogP contribution in [0.2, 0.25) is 0 Å². The largest absolute Gasteiger partial charge is 0.471 e. The molecular formula is C9H24O7. The van der Waals surface area contributed by atoms with Crippen molar-refractivity contribution in [1.29, 1.82) is 0 Å². The van der Waals surface area contributed by atoms with Gasteiger partial charge in [0.15, 0.2) is 0 Å². The number of methoxy groups -OCH3 is 1. The number of aliphatic hydroxyl groups excluding tert-OH is 5. The second-order valence-corrected chi connectivity index (χ2v) is 2.07. The van der Waals surface area contributed by atoms with Crippen LogP contribution in [0.3, 0.4) is 0 Å². The number of aliphatic hydroxyl groups is 5. The van der Waals surface area contributed by atoms with Gasteiger partial charge in [-0.15, -0.1) is 0 Å². The summed E-state index contributed by atoms with van der Waals surface area (Å²) in [6.07, 6.45) is -0.0787. The van der Waals surface area contributed by atoms with Crippen molar-refractivity contribution in [1.82, 2.24) is 0 Å². The van der Waals surface area contributed by atoms with Crippen molar-refractivity contribution in [3.63, 3.8) is 0 Å². The number of hydrogen-bond acceptors (Lipinski definition) is 7. The smallest absolute Gasteiger partial charge is 0.292 e. The highest BCUT2D eigenvalue weighted by molar-refractivity contribution is 5.36. The SMILES string of the molecule is CCCO.CO.COC=O.OCC(O)CO. The van der Waals surface area contributed by atoms with Gasteiger partial charge >= 0.3 is 0 Å². The summed E-state index contributed by atoms with van der Waals surface area (Å²) >= 11 is 0. The van der Waals surface area contributed by atoms with Gasteiger partial charge in [0.05, 0.1) is 20.3 Å². The average molecular weight is 244 g/mol. The first-order valence-corrected chi connectivity index (χ1v) is 4.56. The lowest BCUT2D eigenvalue weighted by molar-refractivity contribution is -0.126. The molecule has 0 saturated heterocycles. The van der Waals surface area contributed by atoms with Gasteiger partial charge in [0.1, 0.15) is 6.10 Å². The Morgan fingerprint density at radius 2 is 1.44 bits per heavy atom. The first-order valence-electron chi connectivity index (χ1n) is 4.56. The molecule has 0 amide bonds. The van der Waals surface area contributed by atoms with E-state index in [4.69, 9.17) is 30.3 Å². The molecule has 0 atom stereocenters. The van der Waals surface area contributed by atoms with Crippen molar-refractivity contribution >= 4 is 6.47 Å². The molecule has 0 aromatic carbocycles. The van der Waals surface area contributed by atoms with E-state index in [2.05, 4.69) is 4.74 Å². The molecule has 0 spiro atoms. The van der Waals surface area contributed by atoms with E-state index in [-0.39, 0.29) is 13.2 Å². The quantitative estimate of drug-likeness (QED) is 0.366. The molecule has 0 radical (unpaired) electrons. The lowest BCUT2D eigenvalue weighted by Gasteiger charge is -1.96. The van der Waals surface area contributed by atoms with Gasteiger partial charge in [-0.3, -0.25) is 4.79 Å². The maximum atomic E-state index is 8.95. The van der Waals surface area contributed by atoms with Crippen LogP contribution in [0.25, 0.3) is 0 Å². The lowest BCUT2D eigenvalue weighted by atomic mass is 10.4.